The monoisotopic (exact) mass is 986 g/mol. The fraction of sp³-hybridized carbons (Fsp3) is 0.643. The molecule has 6 N–H and O–H groups in total. The molecule has 15 nitrogen and oxygen atoms in total. The molecule has 15 heteroatoms. The van der Waals surface area contributed by atoms with Crippen molar-refractivity contribution in [3.05, 3.63) is 52.8 Å². The van der Waals surface area contributed by atoms with Crippen LogP contribution in [0.15, 0.2) is 41.2 Å². The molecule has 0 saturated heterocycles. The number of allylic oxidation sites excluding steroid dienone is 2. The van der Waals surface area contributed by atoms with Gasteiger partial charge in [0.1, 0.15) is 23.4 Å². The van der Waals surface area contributed by atoms with Crippen molar-refractivity contribution >= 4 is 40.3 Å². The molecule has 71 heavy (non-hydrogen) atoms. The molecule has 0 radical (unpaired) electrons. The van der Waals surface area contributed by atoms with Crippen molar-refractivity contribution in [3.63, 3.8) is 0 Å². The summed E-state index contributed by atoms with van der Waals surface area (Å²) in [6, 6.07) is 0. The van der Waals surface area contributed by atoms with Gasteiger partial charge in [0.25, 0.3) is 11.7 Å². The molecule has 7 aliphatic rings. The second kappa shape index (κ2) is 21.9. The average Bonchev–Trinajstić information content (AvgIpc) is 3.59. The standard InChI is InChI=1S/C56H79N3O12/c1-11-12-13-14-15-16-21-59(56-26-37-23-38(27-56)25-39(24-37)28-56)57-29-40-45-50(65)43-42(49(40)64)44-52(35(7)48(43)63)71-55(9,53(44)66)69-22-20-41(68-10)32(4)51(70-36(8)60)34(6)47(62)33(5)46(61)30(2)18-17-19-31(3)54(67)58-45/h17-20,22,29-30,32-34,37-39,41,46-47,51,61-65H,11-16,21,23-28H2,1-10H3,(H,58,67)/b18-17+,22-20+,31-19-,57-29+/t30-,32-,33-,34-,37?,38?,39?,41+,46+,47-,51-,55+,56?/m1/s1. The van der Waals surface area contributed by atoms with Gasteiger partial charge in [-0.1, -0.05) is 85.0 Å². The highest BCUT2D eigenvalue weighted by molar-refractivity contribution is 6.23. The molecule has 0 unspecified atom stereocenters. The molecule has 3 heterocycles. The molecule has 2 aromatic rings. The Morgan fingerprint density at radius 3 is 2.13 bits per heavy atom. The minimum absolute atomic E-state index is 0.0655. The van der Waals surface area contributed by atoms with Crippen molar-refractivity contribution < 1.29 is 58.9 Å². The number of hydrogen-bond donors (Lipinski definition) is 6. The van der Waals surface area contributed by atoms with Crippen LogP contribution in [0.1, 0.15) is 154 Å². The number of esters is 1. The Morgan fingerprint density at radius 2 is 1.51 bits per heavy atom. The minimum atomic E-state index is -2.05. The van der Waals surface area contributed by atoms with Crippen LogP contribution in [-0.2, 0) is 23.8 Å². The summed E-state index contributed by atoms with van der Waals surface area (Å²) in [4.78, 5) is 41.5. The fourth-order valence-electron chi connectivity index (χ4n) is 12.8. The number of nitrogens with zero attached hydrogens (tertiary/aromatic N) is 2. The summed E-state index contributed by atoms with van der Waals surface area (Å²) >= 11 is 0. The van der Waals surface area contributed by atoms with Crippen molar-refractivity contribution in [2.45, 2.75) is 175 Å². The van der Waals surface area contributed by atoms with Crippen molar-refractivity contribution in [2.75, 3.05) is 19.0 Å². The molecule has 4 saturated carbocycles. The quantitative estimate of drug-likeness (QED) is 0.0292. The number of aliphatic hydroxyl groups excluding tert-OH is 2. The van der Waals surface area contributed by atoms with Gasteiger partial charge >= 0.3 is 11.8 Å². The number of ether oxygens (including phenoxy) is 4. The average molecular weight is 986 g/mol. The molecule has 390 valence electrons. The number of hydrazone groups is 1. The number of anilines is 1. The number of ketones is 1. The van der Waals surface area contributed by atoms with Crippen molar-refractivity contribution in [1.29, 1.82) is 0 Å². The summed E-state index contributed by atoms with van der Waals surface area (Å²) in [5, 5.41) is 69.9. The molecule has 4 aliphatic carbocycles. The number of amides is 1. The number of carbonyl (C=O) groups excluding carboxylic acids is 3. The molecule has 1 amide bonds. The van der Waals surface area contributed by atoms with Crippen LogP contribution < -0.4 is 10.1 Å². The fourth-order valence-corrected chi connectivity index (χ4v) is 12.8. The van der Waals surface area contributed by atoms with E-state index in [9.17, 15) is 39.9 Å². The number of rotatable bonds is 12. The van der Waals surface area contributed by atoms with Gasteiger partial charge in [-0.15, -0.1) is 0 Å². The molecule has 9 atom stereocenters. The Kier molecular flexibility index (Phi) is 16.6. The summed E-state index contributed by atoms with van der Waals surface area (Å²) < 4.78 is 24.0. The first kappa shape index (κ1) is 53.7. The number of phenolic OH excluding ortho intramolecular Hbond substituents is 3. The summed E-state index contributed by atoms with van der Waals surface area (Å²) in [6.07, 6.45) is 18.6. The molecule has 0 aromatic heterocycles. The lowest BCUT2D eigenvalue weighted by Crippen LogP contribution is -2.58. The van der Waals surface area contributed by atoms with Gasteiger partial charge in [-0.3, -0.25) is 19.4 Å². The summed E-state index contributed by atoms with van der Waals surface area (Å²) in [7, 11) is 1.46. The second-order valence-electron chi connectivity index (χ2n) is 21.9. The summed E-state index contributed by atoms with van der Waals surface area (Å²) in [6.45, 7) is 15.6. The van der Waals surface area contributed by atoms with Gasteiger partial charge in [0, 0.05) is 67.7 Å². The number of fused-ring (bicyclic) bond motifs is 14. The van der Waals surface area contributed by atoms with Crippen LogP contribution in [0.3, 0.4) is 0 Å². The summed E-state index contributed by atoms with van der Waals surface area (Å²) in [5.74, 6) is -6.28. The largest absolute Gasteiger partial charge is 0.507 e. The van der Waals surface area contributed by atoms with Crippen LogP contribution in [0.2, 0.25) is 0 Å². The van der Waals surface area contributed by atoms with E-state index in [4.69, 9.17) is 24.0 Å². The van der Waals surface area contributed by atoms with Gasteiger partial charge < -0.3 is 49.8 Å². The van der Waals surface area contributed by atoms with Crippen LogP contribution in [0.5, 0.6) is 23.0 Å². The molecule has 2 aromatic carbocycles. The lowest BCUT2D eigenvalue weighted by Gasteiger charge is -2.59. The van der Waals surface area contributed by atoms with E-state index in [2.05, 4.69) is 17.2 Å². The zero-order valence-electron chi connectivity index (χ0n) is 43.5. The summed E-state index contributed by atoms with van der Waals surface area (Å²) in [5.41, 5.74) is -0.324. The number of aliphatic hydroxyl groups is 2. The van der Waals surface area contributed by atoms with Gasteiger partial charge in [-0.05, 0) is 82.6 Å². The lowest BCUT2D eigenvalue weighted by molar-refractivity contribution is -0.160. The third-order valence-corrected chi connectivity index (χ3v) is 16.6. The normalized spacial score (nSPS) is 34.8. The number of phenols is 3. The zero-order valence-corrected chi connectivity index (χ0v) is 43.5. The Balaban J connectivity index is 1.37. The molecule has 9 bridgehead atoms. The zero-order chi connectivity index (χ0) is 51.7. The third-order valence-electron chi connectivity index (χ3n) is 16.6. The van der Waals surface area contributed by atoms with Gasteiger partial charge in [-0.2, -0.15) is 5.10 Å². The maximum Gasteiger partial charge on any atom is 0.312 e. The lowest BCUT2D eigenvalue weighted by atomic mass is 9.52. The van der Waals surface area contributed by atoms with E-state index in [0.29, 0.717) is 24.3 Å². The Bertz CT molecular complexity index is 2410. The molecular formula is C56H79N3O12. The maximum absolute atomic E-state index is 14.8. The topological polar surface area (TPSA) is 217 Å². The smallest absolute Gasteiger partial charge is 0.312 e. The highest BCUT2D eigenvalue weighted by Crippen LogP contribution is 2.59. The molecule has 3 aliphatic heterocycles. The predicted octanol–water partition coefficient (Wildman–Crippen LogP) is 9.72. The number of carbonyl (C=O) groups is 3. The number of methoxy groups -OCH3 is 1. The van der Waals surface area contributed by atoms with E-state index < -0.39 is 88.8 Å². The first-order valence-electron chi connectivity index (χ1n) is 26.1. The first-order chi connectivity index (χ1) is 33.7. The van der Waals surface area contributed by atoms with E-state index in [1.807, 2.05) is 0 Å². The van der Waals surface area contributed by atoms with E-state index in [0.717, 1.165) is 44.9 Å². The number of hydrogen-bond acceptors (Lipinski definition) is 14. The van der Waals surface area contributed by atoms with Crippen LogP contribution in [0.25, 0.3) is 10.8 Å². The highest BCUT2D eigenvalue weighted by atomic mass is 16.7. The molecule has 4 fully saturated rings. The Labute approximate surface area is 419 Å². The van der Waals surface area contributed by atoms with Gasteiger partial charge in [0.15, 0.2) is 5.75 Å². The van der Waals surface area contributed by atoms with Gasteiger partial charge in [0.05, 0.1) is 58.5 Å². The number of Topliss-reactive ketones (excluding diaryl/α,β-unsaturated/α-hetero) is 1. The number of unbranched alkanes of at least 4 members (excludes halogenated alkanes) is 5. The van der Waals surface area contributed by atoms with Crippen molar-refractivity contribution in [2.24, 2.45) is 46.5 Å². The van der Waals surface area contributed by atoms with Crippen LogP contribution in [0.4, 0.5) is 5.69 Å². The third kappa shape index (κ3) is 10.7. The molecule has 0 spiro atoms. The van der Waals surface area contributed by atoms with E-state index in [-0.39, 0.29) is 50.0 Å². The SMILES string of the molecule is CCCCCCCCN(/N=C/c1c2c(O)c3c(O)c(C)c4c(c3c1O)C(=O)[C@@](C)(O/C=C/[C@H](OC)[C@@H](C)[C@@H](OC(C)=O)[C@H](C)[C@H](O)[C@H](C)[C@@H](O)[C@H](C)/C=C/C=C(/C)C(=O)N2)O4)C12CC3CC(CC(C3)C1)C2. The minimum Gasteiger partial charge on any atom is -0.507 e. The van der Waals surface area contributed by atoms with Crippen LogP contribution >= 0.6 is 0 Å². The second-order valence-corrected chi connectivity index (χ2v) is 21.9. The number of nitrogens with one attached hydrogen (secondary N) is 1. The van der Waals surface area contributed by atoms with Gasteiger partial charge in [0.2, 0.25) is 0 Å². The van der Waals surface area contributed by atoms with E-state index >= 15 is 0 Å². The number of benzene rings is 2. The Hall–Kier alpha value is -5.12. The van der Waals surface area contributed by atoms with Crippen LogP contribution in [0, 0.1) is 48.3 Å². The van der Waals surface area contributed by atoms with Crippen molar-refractivity contribution in [1.82, 2.24) is 5.01 Å². The molecular weight excluding hydrogens is 907 g/mol. The van der Waals surface area contributed by atoms with E-state index in [1.165, 1.54) is 78.5 Å². The first-order valence-corrected chi connectivity index (χ1v) is 26.1. The number of aromatic hydroxyl groups is 3. The predicted molar refractivity (Wildman–Crippen MR) is 272 cm³/mol. The highest BCUT2D eigenvalue weighted by Gasteiger charge is 2.54. The Morgan fingerprint density at radius 1 is 0.873 bits per heavy atom. The van der Waals surface area contributed by atoms with Gasteiger partial charge in [-0.25, -0.2) is 0 Å². The molecule has 9 rings (SSSR count). The van der Waals surface area contributed by atoms with Crippen molar-refractivity contribution in [3.8, 4) is 23.0 Å². The van der Waals surface area contributed by atoms with E-state index in [1.54, 1.807) is 52.8 Å². The maximum atomic E-state index is 14.8. The van der Waals surface area contributed by atoms with Crippen LogP contribution in [-0.4, -0.2) is 104 Å².